The lowest BCUT2D eigenvalue weighted by atomic mass is 10.1. The molecule has 3 aromatic rings. The third-order valence-electron chi connectivity index (χ3n) is 4.56. The number of pyridine rings is 1. The lowest BCUT2D eigenvalue weighted by Gasteiger charge is -2.25. The summed E-state index contributed by atoms with van der Waals surface area (Å²) in [6.45, 7) is 0.837. The zero-order valence-electron chi connectivity index (χ0n) is 14.9. The van der Waals surface area contributed by atoms with E-state index < -0.39 is 0 Å². The van der Waals surface area contributed by atoms with Crippen molar-refractivity contribution in [3.05, 3.63) is 83.5 Å². The molecule has 0 bridgehead atoms. The second-order valence-electron chi connectivity index (χ2n) is 6.51. The maximum atomic E-state index is 13.1. The Morgan fingerprint density at radius 2 is 2.07 bits per heavy atom. The summed E-state index contributed by atoms with van der Waals surface area (Å²) in [5, 5.41) is 5.63. The Labute approximate surface area is 160 Å². The molecule has 8 heteroatoms. The second-order valence-corrected chi connectivity index (χ2v) is 6.51. The Bertz CT molecular complexity index is 1000. The molecule has 1 aliphatic rings. The third-order valence-corrected chi connectivity index (χ3v) is 4.56. The van der Waals surface area contributed by atoms with Crippen LogP contribution in [-0.2, 0) is 13.0 Å². The largest absolute Gasteiger partial charge is 0.350 e. The maximum absolute atomic E-state index is 13.1. The number of amides is 2. The number of carbonyl (C=O) groups excluding carboxylic acids is 2. The van der Waals surface area contributed by atoms with Crippen molar-refractivity contribution in [1.29, 1.82) is 0 Å². The van der Waals surface area contributed by atoms with E-state index in [9.17, 15) is 14.0 Å². The summed E-state index contributed by atoms with van der Waals surface area (Å²) in [6, 6.07) is 11.3. The van der Waals surface area contributed by atoms with Crippen LogP contribution >= 0.6 is 0 Å². The van der Waals surface area contributed by atoms with Gasteiger partial charge in [-0.3, -0.25) is 14.6 Å². The van der Waals surface area contributed by atoms with Gasteiger partial charge in [0.2, 0.25) is 0 Å². The molecular weight excluding hydrogens is 361 g/mol. The summed E-state index contributed by atoms with van der Waals surface area (Å²) in [5.41, 5.74) is 1.86. The maximum Gasteiger partial charge on any atom is 0.287 e. The van der Waals surface area contributed by atoms with Gasteiger partial charge in [0.1, 0.15) is 11.5 Å². The van der Waals surface area contributed by atoms with Crippen molar-refractivity contribution in [1.82, 2.24) is 25.2 Å². The molecule has 0 radical (unpaired) electrons. The number of imidazole rings is 1. The molecule has 0 spiro atoms. The van der Waals surface area contributed by atoms with Crippen LogP contribution in [0.4, 0.5) is 4.39 Å². The van der Waals surface area contributed by atoms with Crippen LogP contribution in [0.3, 0.4) is 0 Å². The van der Waals surface area contributed by atoms with Crippen LogP contribution < -0.4 is 10.6 Å². The number of rotatable bonds is 5. The van der Waals surface area contributed by atoms with Crippen LogP contribution in [0.25, 0.3) is 0 Å². The first-order valence-corrected chi connectivity index (χ1v) is 8.92. The van der Waals surface area contributed by atoms with Gasteiger partial charge in [0.05, 0.1) is 6.04 Å². The first-order chi connectivity index (χ1) is 13.6. The number of aromatic nitrogens is 3. The van der Waals surface area contributed by atoms with Gasteiger partial charge in [-0.1, -0.05) is 18.2 Å². The van der Waals surface area contributed by atoms with E-state index in [1.807, 2.05) is 18.2 Å². The molecule has 7 nitrogen and oxygen atoms in total. The molecule has 0 saturated carbocycles. The van der Waals surface area contributed by atoms with Gasteiger partial charge in [0.15, 0.2) is 5.82 Å². The zero-order valence-corrected chi connectivity index (χ0v) is 14.9. The first-order valence-electron chi connectivity index (χ1n) is 8.92. The SMILES string of the molecule is O=C(NCCc1ccccn1)c1cn2c(n1)C(=O)NC(c1ccc(F)cc1)C2. The van der Waals surface area contributed by atoms with Crippen LogP contribution in [0.1, 0.15) is 38.4 Å². The fourth-order valence-electron chi connectivity index (χ4n) is 3.14. The van der Waals surface area contributed by atoms with Gasteiger partial charge < -0.3 is 15.2 Å². The highest BCUT2D eigenvalue weighted by atomic mass is 19.1. The summed E-state index contributed by atoms with van der Waals surface area (Å²) in [7, 11) is 0. The van der Waals surface area contributed by atoms with Crippen molar-refractivity contribution < 1.29 is 14.0 Å². The van der Waals surface area contributed by atoms with E-state index in [2.05, 4.69) is 20.6 Å². The van der Waals surface area contributed by atoms with Crippen LogP contribution in [0.2, 0.25) is 0 Å². The minimum atomic E-state index is -0.367. The van der Waals surface area contributed by atoms with Crippen molar-refractivity contribution >= 4 is 11.8 Å². The second kappa shape index (κ2) is 7.59. The summed E-state index contributed by atoms with van der Waals surface area (Å²) in [4.78, 5) is 33.1. The highest BCUT2D eigenvalue weighted by Crippen LogP contribution is 2.21. The quantitative estimate of drug-likeness (QED) is 0.708. The molecule has 28 heavy (non-hydrogen) atoms. The van der Waals surface area contributed by atoms with Gasteiger partial charge in [0, 0.05) is 37.6 Å². The third kappa shape index (κ3) is 3.75. The van der Waals surface area contributed by atoms with Crippen molar-refractivity contribution in [3.63, 3.8) is 0 Å². The molecule has 142 valence electrons. The van der Waals surface area contributed by atoms with Gasteiger partial charge >= 0.3 is 0 Å². The number of nitrogens with zero attached hydrogens (tertiary/aromatic N) is 3. The molecule has 1 unspecified atom stereocenters. The molecule has 4 rings (SSSR count). The Hall–Kier alpha value is -3.55. The fourth-order valence-corrected chi connectivity index (χ4v) is 3.14. The van der Waals surface area contributed by atoms with Crippen molar-refractivity contribution in [2.45, 2.75) is 19.0 Å². The Morgan fingerprint density at radius 1 is 1.25 bits per heavy atom. The molecular formula is C20H18FN5O2. The number of hydrogen-bond donors (Lipinski definition) is 2. The summed E-state index contributed by atoms with van der Waals surface area (Å²) in [5.74, 6) is -0.857. The Balaban J connectivity index is 1.43. The van der Waals surface area contributed by atoms with Gasteiger partial charge in [0.25, 0.3) is 11.8 Å². The molecule has 0 fully saturated rings. The van der Waals surface area contributed by atoms with Gasteiger partial charge in [-0.15, -0.1) is 0 Å². The van der Waals surface area contributed by atoms with Crippen molar-refractivity contribution in [3.8, 4) is 0 Å². The van der Waals surface area contributed by atoms with E-state index in [-0.39, 0.29) is 35.2 Å². The molecule has 2 N–H and O–H groups in total. The molecule has 1 atom stereocenters. The number of carbonyl (C=O) groups is 2. The van der Waals surface area contributed by atoms with E-state index >= 15 is 0 Å². The highest BCUT2D eigenvalue weighted by molar-refractivity contribution is 5.96. The first kappa shape index (κ1) is 17.8. The van der Waals surface area contributed by atoms with E-state index in [1.165, 1.54) is 12.1 Å². The Kier molecular flexibility index (Phi) is 4.84. The standard InChI is InChI=1S/C20H18FN5O2/c21-14-6-4-13(5-7-14)16-11-26-12-17(24-18(26)20(28)25-16)19(27)23-10-8-15-3-1-2-9-22-15/h1-7,9,12,16H,8,10-11H2,(H,23,27)(H,25,28). The predicted octanol–water partition coefficient (Wildman–Crippen LogP) is 1.87. The molecule has 0 aliphatic carbocycles. The molecule has 1 aromatic carbocycles. The van der Waals surface area contributed by atoms with Crippen LogP contribution in [-0.4, -0.2) is 32.9 Å². The summed E-state index contributed by atoms with van der Waals surface area (Å²) >= 11 is 0. The fraction of sp³-hybridized carbons (Fsp3) is 0.200. The topological polar surface area (TPSA) is 88.9 Å². The highest BCUT2D eigenvalue weighted by Gasteiger charge is 2.28. The van der Waals surface area contributed by atoms with E-state index in [1.54, 1.807) is 29.1 Å². The van der Waals surface area contributed by atoms with E-state index in [0.29, 0.717) is 19.5 Å². The summed E-state index contributed by atoms with van der Waals surface area (Å²) in [6.07, 6.45) is 3.88. The minimum Gasteiger partial charge on any atom is -0.350 e. The molecule has 0 saturated heterocycles. The lowest BCUT2D eigenvalue weighted by Crippen LogP contribution is -2.38. The average molecular weight is 379 g/mol. The molecule has 2 aromatic heterocycles. The van der Waals surface area contributed by atoms with Crippen molar-refractivity contribution in [2.24, 2.45) is 0 Å². The van der Waals surface area contributed by atoms with Crippen LogP contribution in [0, 0.1) is 5.82 Å². The summed E-state index contributed by atoms with van der Waals surface area (Å²) < 4.78 is 14.8. The van der Waals surface area contributed by atoms with Crippen LogP contribution in [0.15, 0.2) is 54.9 Å². The monoisotopic (exact) mass is 379 g/mol. The Morgan fingerprint density at radius 3 is 2.82 bits per heavy atom. The number of hydrogen-bond acceptors (Lipinski definition) is 4. The number of nitrogens with one attached hydrogen (secondary N) is 2. The average Bonchev–Trinajstić information content (AvgIpc) is 3.14. The van der Waals surface area contributed by atoms with Gasteiger partial charge in [-0.2, -0.15) is 0 Å². The smallest absolute Gasteiger partial charge is 0.287 e. The van der Waals surface area contributed by atoms with Gasteiger partial charge in [-0.05, 0) is 29.8 Å². The molecule has 3 heterocycles. The van der Waals surface area contributed by atoms with E-state index in [4.69, 9.17) is 0 Å². The predicted molar refractivity (Wildman–Crippen MR) is 99.1 cm³/mol. The molecule has 1 aliphatic heterocycles. The number of fused-ring (bicyclic) bond motifs is 1. The van der Waals surface area contributed by atoms with E-state index in [0.717, 1.165) is 11.3 Å². The number of halogens is 1. The van der Waals surface area contributed by atoms with Gasteiger partial charge in [-0.25, -0.2) is 9.37 Å². The normalized spacial score (nSPS) is 15.6. The minimum absolute atomic E-state index is 0.186. The molecule has 2 amide bonds. The number of benzene rings is 1. The lowest BCUT2D eigenvalue weighted by molar-refractivity contribution is 0.0894. The zero-order chi connectivity index (χ0) is 19.5. The van der Waals surface area contributed by atoms with Crippen molar-refractivity contribution in [2.75, 3.05) is 6.54 Å². The van der Waals surface area contributed by atoms with Crippen LogP contribution in [0.5, 0.6) is 0 Å².